The molecule has 2 saturated heterocycles. The number of hydrogen-bond acceptors (Lipinski definition) is 29. The summed E-state index contributed by atoms with van der Waals surface area (Å²) in [6.07, 6.45) is -20.8. The number of Topliss-reactive ketones (excluding diaryl/α,β-unsaturated/α-hetero) is 2. The maximum absolute atomic E-state index is 15.7. The first-order chi connectivity index (χ1) is 61.9. The third kappa shape index (κ3) is 18.0. The van der Waals surface area contributed by atoms with Gasteiger partial charge in [0, 0.05) is 50.4 Å². The van der Waals surface area contributed by atoms with Crippen LogP contribution in [0.25, 0.3) is 0 Å². The highest BCUT2D eigenvalue weighted by Crippen LogP contribution is 2.68. The van der Waals surface area contributed by atoms with Gasteiger partial charge in [-0.3, -0.25) is 24.0 Å². The lowest BCUT2D eigenvalue weighted by molar-refractivity contribution is -0.345. The summed E-state index contributed by atoms with van der Waals surface area (Å²) in [5, 5.41) is 69.9. The van der Waals surface area contributed by atoms with E-state index < -0.39 is 237 Å². The van der Waals surface area contributed by atoms with Crippen molar-refractivity contribution >= 4 is 71.5 Å². The summed E-state index contributed by atoms with van der Waals surface area (Å²) in [4.78, 5) is 169. The highest BCUT2D eigenvalue weighted by Gasteiger charge is 2.81. The number of carbonyl (C=O) groups excluding carboxylic acids is 12. The van der Waals surface area contributed by atoms with Crippen molar-refractivity contribution in [3.63, 3.8) is 0 Å². The Bertz CT molecular complexity index is 5130. The van der Waals surface area contributed by atoms with Crippen LogP contribution in [0.4, 0.5) is 9.59 Å². The summed E-state index contributed by atoms with van der Waals surface area (Å²) in [5.41, 5.74) is -16.0. The molecule has 4 saturated carbocycles. The second-order valence-corrected chi connectivity index (χ2v) is 39.0. The Hall–Kier alpha value is -11.8. The number of carbonyl (C=O) groups is 12. The van der Waals surface area contributed by atoms with Crippen molar-refractivity contribution in [3.05, 3.63) is 238 Å². The number of benzene rings is 6. The van der Waals surface area contributed by atoms with E-state index in [1.54, 1.807) is 217 Å². The Balaban J connectivity index is 0.000000224. The van der Waals surface area contributed by atoms with Crippen LogP contribution in [0.15, 0.2) is 204 Å². The van der Waals surface area contributed by atoms with E-state index in [0.29, 0.717) is 11.1 Å². The molecule has 2 unspecified atom stereocenters. The number of alkyl carbamates (subject to hydrolysis) is 2. The first-order valence-corrected chi connectivity index (χ1v) is 44.1. The number of aliphatic hydroxyl groups excluding tert-OH is 3. The molecule has 22 atom stereocenters. The zero-order chi connectivity index (χ0) is 96.3. The van der Waals surface area contributed by atoms with Gasteiger partial charge in [0.2, 0.25) is 0 Å². The number of ketones is 2. The van der Waals surface area contributed by atoms with Gasteiger partial charge in [-0.25, -0.2) is 33.6 Å². The largest absolute Gasteiger partial charge is 0.458 e. The van der Waals surface area contributed by atoms with Gasteiger partial charge in [0.1, 0.15) is 83.4 Å². The monoisotopic (exact) mass is 1820 g/mol. The molecule has 0 aromatic heterocycles. The number of amides is 2. The summed E-state index contributed by atoms with van der Waals surface area (Å²) in [6.45, 7) is 25.5. The number of fused-ring (bicyclic) bond motifs is 10. The number of aliphatic hydroxyl groups is 5. The van der Waals surface area contributed by atoms with Crippen LogP contribution in [0.5, 0.6) is 0 Å². The lowest BCUT2D eigenvalue weighted by atomic mass is 9.44. The van der Waals surface area contributed by atoms with Gasteiger partial charge in [-0.1, -0.05) is 161 Å². The van der Waals surface area contributed by atoms with Crippen molar-refractivity contribution in [3.8, 4) is 0 Å². The molecule has 6 fully saturated rings. The Morgan fingerprint density at radius 2 is 0.727 bits per heavy atom. The minimum absolute atomic E-state index is 0.0136. The molecule has 6 aromatic rings. The van der Waals surface area contributed by atoms with Crippen LogP contribution < -0.4 is 10.6 Å². The Kier molecular flexibility index (Phi) is 27.4. The molecule has 0 spiro atoms. The summed E-state index contributed by atoms with van der Waals surface area (Å²) in [6, 6.07) is 46.4. The fraction of sp³-hybridized carbons (Fsp3) is 0.485. The van der Waals surface area contributed by atoms with Gasteiger partial charge < -0.3 is 93.0 Å². The van der Waals surface area contributed by atoms with Gasteiger partial charge in [-0.05, 0) is 158 Å². The van der Waals surface area contributed by atoms with Crippen LogP contribution >= 0.6 is 0 Å². The van der Waals surface area contributed by atoms with Gasteiger partial charge in [-0.2, -0.15) is 0 Å². The van der Waals surface area contributed by atoms with Crippen LogP contribution in [0.1, 0.15) is 208 Å². The predicted molar refractivity (Wildman–Crippen MR) is 470 cm³/mol. The standard InChI is InChI=1S/C51H59NO14.C50H57NO15/c1-28-34(62-43(56)29(2)38(31-19-13-10-14-20-31)52-46(59)66-47(4,5)6)26-51(60)42(64-45(58)33-23-17-12-18-24-33)40-49(9,41(55)39(54)37(28)48(51,7)8)35(63-44(57)32-21-15-11-16-22-32)25-36-50(40,27-61-36)65-30(3)53;1-27-32(62-44(58)38(54)36(29-18-12-9-13-19-29)51-45(59)66-46(3,4)5)25-50(60)41(64-43(57)31-22-16-11-17-23-31)39-48(8,40(55)37(53)35(27)47(50,6)7)33(63-42(56)30-20-14-10-15-21-30)24-34-49(39,26-61-34)65-28(2)52/h10-24,29,34-36,38-40,42,54,60H,25-27H2,1-9H3,(H,52,59);9-23,32-34,36-39,41,53-54,60H,24-26H2,1-8H3,(H,51,59)/t29-,34+,35+,36-,38-,39-,40?,42+,49-,50+,51-;32-,33-,34+,36-,37+,38+,39?,41-,48+,49-,50+/m10/s1. The van der Waals surface area contributed by atoms with Crippen LogP contribution in [0.2, 0.25) is 0 Å². The average molecular weight is 1820 g/mol. The normalized spacial score (nSPS) is 30.9. The van der Waals surface area contributed by atoms with E-state index in [9.17, 15) is 73.5 Å². The molecular formula is C101H116N2O29. The molecular weight excluding hydrogens is 1710 g/mol. The molecule has 704 valence electrons. The first-order valence-electron chi connectivity index (χ1n) is 44.1. The van der Waals surface area contributed by atoms with Crippen LogP contribution in [0, 0.1) is 39.4 Å². The molecule has 6 aromatic carbocycles. The molecule has 31 nitrogen and oxygen atoms in total. The molecule has 2 heterocycles. The fourth-order valence-corrected chi connectivity index (χ4v) is 21.2. The fourth-order valence-electron chi connectivity index (χ4n) is 21.2. The second kappa shape index (κ2) is 37.0. The molecule has 8 aliphatic rings. The molecule has 6 aliphatic carbocycles. The Morgan fingerprint density at radius 3 is 1.03 bits per heavy atom. The van der Waals surface area contributed by atoms with Crippen molar-refractivity contribution < 1.29 is 140 Å². The van der Waals surface area contributed by atoms with Crippen molar-refractivity contribution in [1.82, 2.24) is 10.6 Å². The van der Waals surface area contributed by atoms with E-state index in [0.717, 1.165) is 6.92 Å². The second-order valence-electron chi connectivity index (χ2n) is 39.0. The van der Waals surface area contributed by atoms with E-state index in [4.69, 9.17) is 56.8 Å². The molecule has 2 amide bonds. The average Bonchev–Trinajstić information content (AvgIpc) is 0.670. The highest BCUT2D eigenvalue weighted by molar-refractivity contribution is 5.97. The van der Waals surface area contributed by atoms with E-state index in [1.165, 1.54) is 76.2 Å². The quantitative estimate of drug-likeness (QED) is 0.0212. The van der Waals surface area contributed by atoms with Crippen molar-refractivity contribution in [2.75, 3.05) is 13.2 Å². The predicted octanol–water partition coefficient (Wildman–Crippen LogP) is 11.5. The third-order valence-corrected chi connectivity index (χ3v) is 27.9. The maximum Gasteiger partial charge on any atom is 0.408 e. The highest BCUT2D eigenvalue weighted by atomic mass is 16.7. The number of nitrogens with one attached hydrogen (secondary N) is 2. The van der Waals surface area contributed by atoms with Crippen LogP contribution in [-0.4, -0.2) is 211 Å². The summed E-state index contributed by atoms with van der Waals surface area (Å²) in [7, 11) is 0. The number of esters is 8. The molecule has 132 heavy (non-hydrogen) atoms. The van der Waals surface area contributed by atoms with E-state index in [2.05, 4.69) is 10.6 Å². The van der Waals surface area contributed by atoms with Gasteiger partial charge in [0.25, 0.3) is 0 Å². The topological polar surface area (TPSA) is 441 Å². The lowest BCUT2D eigenvalue weighted by Crippen LogP contribution is -2.82. The summed E-state index contributed by atoms with van der Waals surface area (Å²) >= 11 is 0. The zero-order valence-electron chi connectivity index (χ0n) is 76.8. The van der Waals surface area contributed by atoms with E-state index in [1.807, 2.05) is 0 Å². The molecule has 7 N–H and O–H groups in total. The van der Waals surface area contributed by atoms with Gasteiger partial charge in [0.05, 0.1) is 76.1 Å². The number of hydrogen-bond donors (Lipinski definition) is 7. The van der Waals surface area contributed by atoms with Gasteiger partial charge >= 0.3 is 59.9 Å². The minimum atomic E-state index is -2.43. The Labute approximate surface area is 764 Å². The van der Waals surface area contributed by atoms with Gasteiger partial charge in [-0.15, -0.1) is 0 Å². The molecule has 31 heteroatoms. The van der Waals surface area contributed by atoms with Crippen molar-refractivity contribution in [2.24, 2.45) is 39.4 Å². The first kappa shape index (κ1) is 97.7. The summed E-state index contributed by atoms with van der Waals surface area (Å²) < 4.78 is 73.2. The molecule has 4 bridgehead atoms. The third-order valence-electron chi connectivity index (χ3n) is 27.9. The molecule has 0 radical (unpaired) electrons. The number of ether oxygens (including phenoxy) is 12. The van der Waals surface area contributed by atoms with Crippen LogP contribution in [-0.2, 0) is 85.6 Å². The molecule has 2 aliphatic heterocycles. The van der Waals surface area contributed by atoms with Crippen molar-refractivity contribution in [2.45, 2.75) is 256 Å². The minimum Gasteiger partial charge on any atom is -0.458 e. The molecule has 14 rings (SSSR count). The van der Waals surface area contributed by atoms with E-state index >= 15 is 9.59 Å². The van der Waals surface area contributed by atoms with Crippen LogP contribution in [0.3, 0.4) is 0 Å². The maximum atomic E-state index is 15.7. The van der Waals surface area contributed by atoms with E-state index in [-0.39, 0.29) is 70.6 Å². The summed E-state index contributed by atoms with van der Waals surface area (Å²) in [5.74, 6) is -13.2. The smallest absolute Gasteiger partial charge is 0.408 e. The van der Waals surface area contributed by atoms with Gasteiger partial charge in [0.15, 0.2) is 28.9 Å². The SMILES string of the molecule is CC(=O)O[C@@]12CO[C@@H]1C[C@H](OC(=O)c1ccccc1)[C@@]1(C)C(=O)[C@H](O)C3=C(C)[C@@H](OC(=O)[C@H](C)[C@@H](NC(=O)OC(C)(C)C)c4ccccc4)C[C@@](O)([C@@H](OC(=O)c4ccccc4)C12)C3(C)C.CC(=O)O[C@@]12CO[C@@H]1C[C@H](OC(=O)c1ccccc1)[C@@]1(C)C(=O)[C@H](O)C3=C(C)[C@@H](OC(=O)[C@H](O)[C@@H](NC(=O)OC(C)(C)C)c4ccccc4)C[C@@](O)([C@@H](OC(=O)c4ccccc4)C12)C3(C)C. The zero-order valence-corrected chi connectivity index (χ0v) is 76.8. The Morgan fingerprint density at radius 1 is 0.432 bits per heavy atom. The number of rotatable bonds is 20. The van der Waals surface area contributed by atoms with Crippen molar-refractivity contribution in [1.29, 1.82) is 0 Å². The lowest BCUT2D eigenvalue weighted by Gasteiger charge is -2.67.